The zero-order valence-electron chi connectivity index (χ0n) is 12.0. The summed E-state index contributed by atoms with van der Waals surface area (Å²) in [6, 6.07) is 0. The minimum Gasteiger partial charge on any atom is -0.393 e. The van der Waals surface area contributed by atoms with Crippen molar-refractivity contribution >= 4 is 5.91 Å². The summed E-state index contributed by atoms with van der Waals surface area (Å²) < 4.78 is 0. The third-order valence-electron chi connectivity index (χ3n) is 4.05. The third kappa shape index (κ3) is 4.97. The number of carbonyl (C=O) groups excluding carboxylic acids is 1. The fraction of sp³-hybridized carbons (Fsp3) is 0.933. The lowest BCUT2D eigenvalue weighted by Crippen LogP contribution is -2.39. The van der Waals surface area contributed by atoms with Gasteiger partial charge in [-0.3, -0.25) is 4.79 Å². The van der Waals surface area contributed by atoms with Gasteiger partial charge in [-0.2, -0.15) is 0 Å². The molecule has 1 aliphatic carbocycles. The zero-order chi connectivity index (χ0) is 13.4. The number of aliphatic hydroxyl groups excluding tert-OH is 1. The van der Waals surface area contributed by atoms with Crippen LogP contribution in [0.4, 0.5) is 0 Å². The highest BCUT2D eigenvalue weighted by Gasteiger charge is 2.24. The summed E-state index contributed by atoms with van der Waals surface area (Å²) in [6.45, 7) is 4.91. The third-order valence-corrected chi connectivity index (χ3v) is 4.05. The summed E-state index contributed by atoms with van der Waals surface area (Å²) in [4.78, 5) is 12.1. The zero-order valence-corrected chi connectivity index (χ0v) is 12.0. The summed E-state index contributed by atoms with van der Waals surface area (Å²) in [6.07, 6.45) is 8.12. The van der Waals surface area contributed by atoms with Gasteiger partial charge in [0.2, 0.25) is 5.91 Å². The smallest absolute Gasteiger partial charge is 0.223 e. The molecule has 1 saturated carbocycles. The molecule has 3 heteroatoms. The monoisotopic (exact) mass is 255 g/mol. The van der Waals surface area contributed by atoms with E-state index >= 15 is 0 Å². The second kappa shape index (κ2) is 8.52. The molecule has 0 saturated heterocycles. The van der Waals surface area contributed by atoms with Crippen LogP contribution in [-0.4, -0.2) is 23.7 Å². The molecule has 0 aromatic carbocycles. The molecule has 0 aromatic rings. The second-order valence-corrected chi connectivity index (χ2v) is 5.63. The van der Waals surface area contributed by atoms with Gasteiger partial charge in [0.05, 0.1) is 6.10 Å². The first kappa shape index (κ1) is 15.5. The van der Waals surface area contributed by atoms with Crippen molar-refractivity contribution in [3.8, 4) is 0 Å². The van der Waals surface area contributed by atoms with E-state index < -0.39 is 0 Å². The van der Waals surface area contributed by atoms with Gasteiger partial charge >= 0.3 is 0 Å². The van der Waals surface area contributed by atoms with Gasteiger partial charge < -0.3 is 10.4 Å². The Labute approximate surface area is 111 Å². The molecule has 1 fully saturated rings. The van der Waals surface area contributed by atoms with Gasteiger partial charge in [-0.05, 0) is 25.7 Å². The van der Waals surface area contributed by atoms with Crippen LogP contribution in [0.5, 0.6) is 0 Å². The Kier molecular flexibility index (Phi) is 7.33. The molecule has 1 aliphatic rings. The molecule has 2 atom stereocenters. The highest BCUT2D eigenvalue weighted by atomic mass is 16.3. The normalized spacial score (nSPS) is 24.2. The van der Waals surface area contributed by atoms with Crippen LogP contribution in [0.2, 0.25) is 0 Å². The first-order valence-electron chi connectivity index (χ1n) is 7.64. The average molecular weight is 255 g/mol. The van der Waals surface area contributed by atoms with E-state index in [0.29, 0.717) is 6.54 Å². The van der Waals surface area contributed by atoms with E-state index in [9.17, 15) is 9.90 Å². The molecule has 3 nitrogen and oxygen atoms in total. The topological polar surface area (TPSA) is 49.3 Å². The fourth-order valence-electron chi connectivity index (χ4n) is 2.91. The lowest BCUT2D eigenvalue weighted by molar-refractivity contribution is -0.125. The maximum atomic E-state index is 12.1. The molecule has 2 unspecified atom stereocenters. The van der Waals surface area contributed by atoms with E-state index in [1.54, 1.807) is 0 Å². The van der Waals surface area contributed by atoms with Gasteiger partial charge in [-0.15, -0.1) is 0 Å². The van der Waals surface area contributed by atoms with Crippen molar-refractivity contribution in [3.05, 3.63) is 0 Å². The second-order valence-electron chi connectivity index (χ2n) is 5.63. The van der Waals surface area contributed by atoms with E-state index in [2.05, 4.69) is 19.2 Å². The Balaban J connectivity index is 2.33. The van der Waals surface area contributed by atoms with Gasteiger partial charge in [0.25, 0.3) is 0 Å². The number of hydrogen-bond donors (Lipinski definition) is 2. The molecule has 0 spiro atoms. The predicted octanol–water partition coefficient (Wildman–Crippen LogP) is 2.87. The van der Waals surface area contributed by atoms with Gasteiger partial charge in [-0.25, -0.2) is 0 Å². The van der Waals surface area contributed by atoms with Crippen molar-refractivity contribution in [2.24, 2.45) is 11.8 Å². The Bertz CT molecular complexity index is 237. The predicted molar refractivity (Wildman–Crippen MR) is 74.3 cm³/mol. The van der Waals surface area contributed by atoms with Crippen LogP contribution in [0.3, 0.4) is 0 Å². The Morgan fingerprint density at radius 3 is 2.39 bits per heavy atom. The Hall–Kier alpha value is -0.570. The first-order valence-corrected chi connectivity index (χ1v) is 7.64. The maximum absolute atomic E-state index is 12.1. The van der Waals surface area contributed by atoms with E-state index in [4.69, 9.17) is 0 Å². The average Bonchev–Trinajstić information content (AvgIpc) is 2.37. The summed E-state index contributed by atoms with van der Waals surface area (Å²) in [5.74, 6) is 0.629. The van der Waals surface area contributed by atoms with Crippen LogP contribution in [-0.2, 0) is 4.79 Å². The minimum absolute atomic E-state index is 0.167. The maximum Gasteiger partial charge on any atom is 0.223 e. The summed E-state index contributed by atoms with van der Waals surface area (Å²) in [7, 11) is 0. The molecule has 0 aliphatic heterocycles. The number of hydrogen-bond acceptors (Lipinski definition) is 2. The summed E-state index contributed by atoms with van der Waals surface area (Å²) >= 11 is 0. The lowest BCUT2D eigenvalue weighted by atomic mass is 9.86. The Morgan fingerprint density at radius 2 is 1.83 bits per heavy atom. The Morgan fingerprint density at radius 1 is 1.22 bits per heavy atom. The van der Waals surface area contributed by atoms with Crippen LogP contribution < -0.4 is 5.32 Å². The van der Waals surface area contributed by atoms with Crippen molar-refractivity contribution in [2.75, 3.05) is 6.54 Å². The highest BCUT2D eigenvalue weighted by Crippen LogP contribution is 2.24. The number of rotatable bonds is 7. The quantitative estimate of drug-likeness (QED) is 0.735. The standard InChI is InChI=1S/C15H29NO2/c1-3-7-12(8-4-2)15(18)16-11-13-9-5-6-10-14(13)17/h12-14,17H,3-11H2,1-2H3,(H,16,18). The van der Waals surface area contributed by atoms with Crippen LogP contribution >= 0.6 is 0 Å². The number of amides is 1. The molecule has 18 heavy (non-hydrogen) atoms. The molecule has 106 valence electrons. The van der Waals surface area contributed by atoms with E-state index in [1.165, 1.54) is 6.42 Å². The SMILES string of the molecule is CCCC(CCC)C(=O)NCC1CCCCC1O. The van der Waals surface area contributed by atoms with E-state index in [0.717, 1.165) is 44.9 Å². The molecule has 2 N–H and O–H groups in total. The molecule has 0 radical (unpaired) electrons. The van der Waals surface area contributed by atoms with Crippen molar-refractivity contribution in [1.82, 2.24) is 5.32 Å². The van der Waals surface area contributed by atoms with E-state index in [-0.39, 0.29) is 23.8 Å². The first-order chi connectivity index (χ1) is 8.69. The van der Waals surface area contributed by atoms with Gasteiger partial charge in [-0.1, -0.05) is 39.5 Å². The minimum atomic E-state index is -0.213. The molecular weight excluding hydrogens is 226 g/mol. The number of carbonyl (C=O) groups is 1. The molecule has 0 heterocycles. The van der Waals surface area contributed by atoms with Gasteiger partial charge in [0.1, 0.15) is 0 Å². The summed E-state index contributed by atoms with van der Waals surface area (Å²) in [5.41, 5.74) is 0. The van der Waals surface area contributed by atoms with Crippen LogP contribution in [0.15, 0.2) is 0 Å². The van der Waals surface area contributed by atoms with Crippen LogP contribution in [0.1, 0.15) is 65.2 Å². The van der Waals surface area contributed by atoms with Crippen molar-refractivity contribution < 1.29 is 9.90 Å². The fourth-order valence-corrected chi connectivity index (χ4v) is 2.91. The number of nitrogens with one attached hydrogen (secondary N) is 1. The van der Waals surface area contributed by atoms with Crippen molar-refractivity contribution in [3.63, 3.8) is 0 Å². The molecular formula is C15H29NO2. The van der Waals surface area contributed by atoms with Crippen molar-refractivity contribution in [2.45, 2.75) is 71.3 Å². The van der Waals surface area contributed by atoms with Gasteiger partial charge in [0.15, 0.2) is 0 Å². The number of aliphatic hydroxyl groups is 1. The molecule has 1 amide bonds. The molecule has 0 aromatic heterocycles. The lowest BCUT2D eigenvalue weighted by Gasteiger charge is -2.28. The van der Waals surface area contributed by atoms with Gasteiger partial charge in [0, 0.05) is 18.4 Å². The molecule has 1 rings (SSSR count). The van der Waals surface area contributed by atoms with Crippen molar-refractivity contribution in [1.29, 1.82) is 0 Å². The molecule has 0 bridgehead atoms. The van der Waals surface area contributed by atoms with E-state index in [1.807, 2.05) is 0 Å². The van der Waals surface area contributed by atoms with Crippen LogP contribution in [0, 0.1) is 11.8 Å². The largest absolute Gasteiger partial charge is 0.393 e. The summed E-state index contributed by atoms with van der Waals surface area (Å²) in [5, 5.41) is 12.9. The highest BCUT2D eigenvalue weighted by molar-refractivity contribution is 5.78. The van der Waals surface area contributed by atoms with Crippen LogP contribution in [0.25, 0.3) is 0 Å².